The largest absolute Gasteiger partial charge is 0.338 e. The van der Waals surface area contributed by atoms with Gasteiger partial charge >= 0.3 is 0 Å². The number of benzene rings is 1. The molecule has 6 heteroatoms. The van der Waals surface area contributed by atoms with E-state index in [2.05, 4.69) is 17.3 Å². The molecule has 1 fully saturated rings. The molecule has 1 aromatic heterocycles. The third kappa shape index (κ3) is 5.05. The molecule has 0 bridgehead atoms. The maximum Gasteiger partial charge on any atom is 0.249 e. The standard InChI is InChI=1S/C21H25N3O2S/c1-16(15-18-9-6-14-27-18)20(25)22-19(17-7-4-3-5-8-17)21(26)24-12-10-23(2)11-13-24/h3-9,14-15,19H,10-13H2,1-2H3,(H,22,25)/b16-15+/t19-/m0/s1. The van der Waals surface area contributed by atoms with Crippen molar-refractivity contribution in [2.75, 3.05) is 33.2 Å². The lowest BCUT2D eigenvalue weighted by Crippen LogP contribution is -2.51. The van der Waals surface area contributed by atoms with Crippen molar-refractivity contribution in [1.82, 2.24) is 15.1 Å². The minimum absolute atomic E-state index is 0.0495. The van der Waals surface area contributed by atoms with Crippen LogP contribution in [0, 0.1) is 0 Å². The summed E-state index contributed by atoms with van der Waals surface area (Å²) in [6, 6.07) is 12.7. The van der Waals surface area contributed by atoms with Gasteiger partial charge in [-0.2, -0.15) is 0 Å². The highest BCUT2D eigenvalue weighted by atomic mass is 32.1. The van der Waals surface area contributed by atoms with E-state index in [9.17, 15) is 9.59 Å². The molecule has 0 unspecified atom stereocenters. The number of nitrogens with one attached hydrogen (secondary N) is 1. The average Bonchev–Trinajstić information content (AvgIpc) is 3.19. The summed E-state index contributed by atoms with van der Waals surface area (Å²) < 4.78 is 0. The highest BCUT2D eigenvalue weighted by molar-refractivity contribution is 7.10. The Balaban J connectivity index is 1.78. The molecule has 1 aromatic carbocycles. The Morgan fingerprint density at radius 3 is 2.41 bits per heavy atom. The van der Waals surface area contributed by atoms with E-state index in [1.54, 1.807) is 18.3 Å². The van der Waals surface area contributed by atoms with Crippen LogP contribution in [0.25, 0.3) is 6.08 Å². The number of hydrogen-bond donors (Lipinski definition) is 1. The number of amides is 2. The van der Waals surface area contributed by atoms with Gasteiger partial charge in [-0.3, -0.25) is 9.59 Å². The summed E-state index contributed by atoms with van der Waals surface area (Å²) in [5.41, 5.74) is 1.39. The molecule has 27 heavy (non-hydrogen) atoms. The van der Waals surface area contributed by atoms with Gasteiger partial charge in [0.15, 0.2) is 0 Å². The van der Waals surface area contributed by atoms with Gasteiger partial charge in [-0.1, -0.05) is 36.4 Å². The van der Waals surface area contributed by atoms with Gasteiger partial charge < -0.3 is 15.1 Å². The van der Waals surface area contributed by atoms with Crippen molar-refractivity contribution in [2.45, 2.75) is 13.0 Å². The van der Waals surface area contributed by atoms with Gasteiger partial charge in [-0.25, -0.2) is 0 Å². The molecule has 0 radical (unpaired) electrons. The molecule has 1 aliphatic heterocycles. The zero-order valence-corrected chi connectivity index (χ0v) is 16.5. The number of nitrogens with zero attached hydrogens (tertiary/aromatic N) is 2. The summed E-state index contributed by atoms with van der Waals surface area (Å²) in [4.78, 5) is 31.0. The molecule has 2 amide bonds. The lowest BCUT2D eigenvalue weighted by atomic mass is 10.0. The molecule has 1 saturated heterocycles. The minimum atomic E-state index is -0.672. The fourth-order valence-corrected chi connectivity index (χ4v) is 3.76. The number of rotatable bonds is 5. The van der Waals surface area contributed by atoms with Crippen LogP contribution in [-0.2, 0) is 9.59 Å². The molecule has 3 rings (SSSR count). The number of piperazine rings is 1. The van der Waals surface area contributed by atoms with E-state index in [-0.39, 0.29) is 11.8 Å². The Morgan fingerprint density at radius 2 is 1.78 bits per heavy atom. The van der Waals surface area contributed by atoms with Crippen LogP contribution in [0.2, 0.25) is 0 Å². The monoisotopic (exact) mass is 383 g/mol. The first-order valence-electron chi connectivity index (χ1n) is 9.09. The lowest BCUT2D eigenvalue weighted by Gasteiger charge is -2.35. The average molecular weight is 384 g/mol. The molecule has 0 spiro atoms. The summed E-state index contributed by atoms with van der Waals surface area (Å²) in [6.07, 6.45) is 1.85. The first-order valence-corrected chi connectivity index (χ1v) is 9.97. The van der Waals surface area contributed by atoms with Gasteiger partial charge in [0.05, 0.1) is 0 Å². The van der Waals surface area contributed by atoms with Gasteiger partial charge in [0.25, 0.3) is 0 Å². The van der Waals surface area contributed by atoms with Crippen molar-refractivity contribution in [3.05, 3.63) is 63.9 Å². The topological polar surface area (TPSA) is 52.7 Å². The maximum absolute atomic E-state index is 13.2. The van der Waals surface area contributed by atoms with E-state index in [0.29, 0.717) is 18.7 Å². The molecule has 1 aliphatic rings. The molecule has 142 valence electrons. The molecule has 0 saturated carbocycles. The third-order valence-corrected chi connectivity index (χ3v) is 5.55. The van der Waals surface area contributed by atoms with Crippen LogP contribution in [0.15, 0.2) is 53.4 Å². The van der Waals surface area contributed by atoms with Crippen LogP contribution in [0.3, 0.4) is 0 Å². The smallest absolute Gasteiger partial charge is 0.249 e. The quantitative estimate of drug-likeness (QED) is 0.808. The van der Waals surface area contributed by atoms with Crippen LogP contribution in [0.4, 0.5) is 0 Å². The molecular weight excluding hydrogens is 358 g/mol. The molecule has 5 nitrogen and oxygen atoms in total. The third-order valence-electron chi connectivity index (χ3n) is 4.73. The molecule has 1 atom stereocenters. The zero-order valence-electron chi connectivity index (χ0n) is 15.7. The van der Waals surface area contributed by atoms with E-state index in [1.165, 1.54) is 0 Å². The fourth-order valence-electron chi connectivity index (χ4n) is 3.04. The SMILES string of the molecule is C/C(=C\c1cccs1)C(=O)N[C@H](C(=O)N1CCN(C)CC1)c1ccccc1. The molecule has 0 aliphatic carbocycles. The number of thiophene rings is 1. The van der Waals surface area contributed by atoms with Gasteiger partial charge in [0.2, 0.25) is 11.8 Å². The number of hydrogen-bond acceptors (Lipinski definition) is 4. The first kappa shape index (κ1) is 19.3. The van der Waals surface area contributed by atoms with E-state index in [4.69, 9.17) is 0 Å². The van der Waals surface area contributed by atoms with Crippen molar-refractivity contribution in [3.8, 4) is 0 Å². The Kier molecular flexibility index (Phi) is 6.42. The Morgan fingerprint density at radius 1 is 1.07 bits per heavy atom. The summed E-state index contributed by atoms with van der Waals surface area (Å²) in [5.74, 6) is -0.272. The Hall–Kier alpha value is -2.44. The second kappa shape index (κ2) is 8.97. The first-order chi connectivity index (χ1) is 13.0. The second-order valence-electron chi connectivity index (χ2n) is 6.79. The van der Waals surface area contributed by atoms with Crippen molar-refractivity contribution < 1.29 is 9.59 Å². The molecular formula is C21H25N3O2S. The Bertz CT molecular complexity index is 794. The summed E-state index contributed by atoms with van der Waals surface area (Å²) >= 11 is 1.58. The highest BCUT2D eigenvalue weighted by Gasteiger charge is 2.29. The zero-order chi connectivity index (χ0) is 19.2. The van der Waals surface area contributed by atoms with Gasteiger partial charge in [-0.05, 0) is 37.1 Å². The van der Waals surface area contributed by atoms with Gasteiger partial charge in [-0.15, -0.1) is 11.3 Å². The van der Waals surface area contributed by atoms with Gasteiger partial charge in [0, 0.05) is 36.6 Å². The number of carbonyl (C=O) groups is 2. The van der Waals surface area contributed by atoms with Crippen molar-refractivity contribution in [2.24, 2.45) is 0 Å². The van der Waals surface area contributed by atoms with E-state index in [0.717, 1.165) is 23.5 Å². The molecule has 1 N–H and O–H groups in total. The lowest BCUT2D eigenvalue weighted by molar-refractivity contribution is -0.137. The van der Waals surface area contributed by atoms with Crippen molar-refractivity contribution in [1.29, 1.82) is 0 Å². The predicted octanol–water partition coefficient (Wildman–Crippen LogP) is 2.78. The van der Waals surface area contributed by atoms with Crippen LogP contribution in [-0.4, -0.2) is 54.8 Å². The predicted molar refractivity (Wildman–Crippen MR) is 109 cm³/mol. The van der Waals surface area contributed by atoms with E-state index in [1.807, 2.05) is 58.8 Å². The van der Waals surface area contributed by atoms with E-state index < -0.39 is 6.04 Å². The summed E-state index contributed by atoms with van der Waals surface area (Å²) in [7, 11) is 2.05. The second-order valence-corrected chi connectivity index (χ2v) is 7.77. The molecule has 2 heterocycles. The van der Waals surface area contributed by atoms with Crippen LogP contribution in [0.1, 0.15) is 23.4 Å². The van der Waals surface area contributed by atoms with Crippen molar-refractivity contribution in [3.63, 3.8) is 0 Å². The summed E-state index contributed by atoms with van der Waals surface area (Å²) in [5, 5.41) is 4.92. The maximum atomic E-state index is 13.2. The van der Waals surface area contributed by atoms with Crippen LogP contribution in [0.5, 0.6) is 0 Å². The highest BCUT2D eigenvalue weighted by Crippen LogP contribution is 2.19. The summed E-state index contributed by atoms with van der Waals surface area (Å²) in [6.45, 7) is 4.82. The normalized spacial score (nSPS) is 16.8. The van der Waals surface area contributed by atoms with Gasteiger partial charge in [0.1, 0.15) is 6.04 Å². The molecule has 2 aromatic rings. The van der Waals surface area contributed by atoms with E-state index >= 15 is 0 Å². The van der Waals surface area contributed by atoms with Crippen LogP contribution >= 0.6 is 11.3 Å². The fraction of sp³-hybridized carbons (Fsp3) is 0.333. The Labute approximate surface area is 164 Å². The number of likely N-dealkylation sites (N-methyl/N-ethyl adjacent to an activating group) is 1. The van der Waals surface area contributed by atoms with Crippen LogP contribution < -0.4 is 5.32 Å². The number of carbonyl (C=O) groups excluding carboxylic acids is 2. The minimum Gasteiger partial charge on any atom is -0.338 e. The van der Waals surface area contributed by atoms with Crippen molar-refractivity contribution >= 4 is 29.2 Å².